The second-order valence-corrected chi connectivity index (χ2v) is 26.2. The molecule has 0 spiro atoms. The van der Waals surface area contributed by atoms with E-state index in [2.05, 4.69) is 43.8 Å². The van der Waals surface area contributed by atoms with Crippen molar-refractivity contribution in [2.24, 2.45) is 17.8 Å². The average Bonchev–Trinajstić information content (AvgIpc) is 3.99. The fourth-order valence-electron chi connectivity index (χ4n) is 9.97. The molecule has 3 heterocycles. The van der Waals surface area contributed by atoms with Gasteiger partial charge in [-0.05, 0) is 102 Å². The minimum absolute atomic E-state index is 0.0235. The third-order valence-corrected chi connectivity index (χ3v) is 19.5. The lowest BCUT2D eigenvalue weighted by Crippen LogP contribution is -2.58. The van der Waals surface area contributed by atoms with E-state index in [1.165, 1.54) is 54.1 Å². The number of likely N-dealkylation sites (tertiary alicyclic amines) is 2. The van der Waals surface area contributed by atoms with E-state index >= 15 is 0 Å². The van der Waals surface area contributed by atoms with Crippen molar-refractivity contribution in [1.29, 1.82) is 0 Å². The zero-order chi connectivity index (χ0) is 59.1. The summed E-state index contributed by atoms with van der Waals surface area (Å²) in [6.45, 7) is 15.4. The Balaban J connectivity index is 1.50. The number of halogens is 1. The number of carbonyl (C=O) groups is 8. The summed E-state index contributed by atoms with van der Waals surface area (Å²) < 4.78 is 24.8. The van der Waals surface area contributed by atoms with Gasteiger partial charge in [0.2, 0.25) is 29.5 Å². The molecule has 2 saturated heterocycles. The number of phosphoric acid groups is 1. The van der Waals surface area contributed by atoms with Crippen LogP contribution in [-0.4, -0.2) is 154 Å². The number of thiazole rings is 1. The molecule has 0 radical (unpaired) electrons. The smallest absolute Gasteiger partial charge is 0.481 e. The number of hydrogen-bond acceptors (Lipinski definition) is 16. The van der Waals surface area contributed by atoms with E-state index in [1.54, 1.807) is 11.9 Å². The molecule has 8 atom stereocenters. The summed E-state index contributed by atoms with van der Waals surface area (Å²) in [4.78, 5) is 135. The molecule has 22 nitrogen and oxygen atoms in total. The monoisotopic (exact) mass is 1280 g/mol. The van der Waals surface area contributed by atoms with E-state index in [-0.39, 0.29) is 114 Å². The van der Waals surface area contributed by atoms with E-state index in [9.17, 15) is 57.8 Å². The fraction of sp³-hybridized carbons (Fsp3) is 0.679. The Kier molecular flexibility index (Phi) is 26.1. The molecule has 2 fully saturated rings. The number of likely N-dealkylation sites (N-methyl/N-ethyl adjacent to an activating group) is 2. The lowest BCUT2D eigenvalue weighted by Gasteiger charge is -2.38. The number of amides is 6. The minimum atomic E-state index is -5.13. The lowest BCUT2D eigenvalue weighted by molar-refractivity contribution is -0.149. The first-order chi connectivity index (χ1) is 37.0. The van der Waals surface area contributed by atoms with Crippen LogP contribution in [0.1, 0.15) is 160 Å². The molecule has 0 bridgehead atoms. The predicted molar refractivity (Wildman–Crippen MR) is 310 cm³/mol. The number of carboxylic acids is 1. The Morgan fingerprint density at radius 1 is 1.01 bits per heavy atom. The van der Waals surface area contributed by atoms with Crippen molar-refractivity contribution in [3.63, 3.8) is 0 Å². The topological polar surface area (TPSA) is 295 Å². The van der Waals surface area contributed by atoms with Crippen molar-refractivity contribution in [1.82, 2.24) is 33.4 Å². The van der Waals surface area contributed by atoms with Crippen molar-refractivity contribution >= 4 is 107 Å². The van der Waals surface area contributed by atoms with Gasteiger partial charge in [-0.2, -0.15) is 0 Å². The first kappa shape index (κ1) is 67.3. The summed E-state index contributed by atoms with van der Waals surface area (Å²) >= 11 is 4.76. The highest BCUT2D eigenvalue weighted by molar-refractivity contribution is 14.1. The molecule has 2 aromatic rings. The zero-order valence-electron chi connectivity index (χ0n) is 47.3. The molecule has 442 valence electrons. The van der Waals surface area contributed by atoms with Crippen molar-refractivity contribution in [2.75, 3.05) is 39.5 Å². The van der Waals surface area contributed by atoms with Crippen LogP contribution in [0.25, 0.3) is 0 Å². The van der Waals surface area contributed by atoms with Crippen LogP contribution in [0.15, 0.2) is 23.6 Å². The van der Waals surface area contributed by atoms with Gasteiger partial charge in [-0.3, -0.25) is 57.9 Å². The number of ether oxygens (including phenoxy) is 1. The van der Waals surface area contributed by atoms with E-state index in [0.717, 1.165) is 43.6 Å². The summed E-state index contributed by atoms with van der Waals surface area (Å²) in [5.74, 6) is -5.68. The maximum absolute atomic E-state index is 14.4. The molecule has 6 N–H and O–H groups in total. The molecule has 0 aliphatic carbocycles. The summed E-state index contributed by atoms with van der Waals surface area (Å²) in [6, 6.07) is 1.55. The molecule has 1 aromatic heterocycles. The highest BCUT2D eigenvalue weighted by Gasteiger charge is 2.45. The molecule has 2 aliphatic rings. The average molecular weight is 1280 g/mol. The van der Waals surface area contributed by atoms with Gasteiger partial charge in [0.25, 0.3) is 5.91 Å². The van der Waals surface area contributed by atoms with Gasteiger partial charge in [0.1, 0.15) is 16.7 Å². The number of nitrogens with zero attached hydrogens (tertiary/aromatic N) is 5. The Hall–Kier alpha value is -4.24. The van der Waals surface area contributed by atoms with Crippen molar-refractivity contribution in [3.8, 4) is 5.75 Å². The second kappa shape index (κ2) is 30.7. The normalized spacial score (nSPS) is 18.6. The van der Waals surface area contributed by atoms with Crippen molar-refractivity contribution in [3.05, 3.63) is 39.8 Å². The minimum Gasteiger partial charge on any atom is -0.481 e. The van der Waals surface area contributed by atoms with Gasteiger partial charge < -0.3 is 35.2 Å². The number of esters is 1. The molecule has 1 aromatic carbocycles. The van der Waals surface area contributed by atoms with Crippen LogP contribution >= 0.6 is 53.8 Å². The number of carbonyl (C=O) groups excluding carboxylic acids is 7. The molecular weight excluding hydrogens is 1190 g/mol. The lowest BCUT2D eigenvalue weighted by atomic mass is 9.92. The van der Waals surface area contributed by atoms with E-state index in [4.69, 9.17) is 9.26 Å². The number of nitrogens with one attached hydrogen (secondary N) is 3. The predicted octanol–water partition coefficient (Wildman–Crippen LogP) is 7.33. The standard InChI is InChI=1S/C53H82IN8O14PS2/c1-12-32(6)46(58-48(67)39-19-15-17-23-59(39)9)51(69)60(10)40(31(4)5)28-42(75-34(8)63)49-57-38(30-78-49)47(66)55-36(25-33(7)52(70)71)26-35-21-22-41(76-77(72,73)74)37(27-35)56-44(64)20-16-18-24-62-45(65)29-43(50(62)68)79-53(13-2,14-3)61(11)54/h21-22,27,30-33,36,39-40,42-43,46H,12-20,23-26,28-29H2,1-11H3,(H,55,66)(H,56,64)(H,58,67)(H,70,71)(H2,72,73,74)/t32-,33?,36+,39+,40+,42+,43?,46-/m0/s1. The highest BCUT2D eigenvalue weighted by Crippen LogP contribution is 2.44. The van der Waals surface area contributed by atoms with Gasteiger partial charge in [-0.15, -0.1) is 23.1 Å². The SMILES string of the molecule is CC[C@H](C)[C@H](NC(=O)[C@H]1CCCCN1C)C(=O)N(C)[C@H](C[C@@H](OC(C)=O)c1nc(C(=O)N[C@@H](Cc2ccc(OP(=O)(O)O)c(NC(=O)CCCCN3C(=O)CC(SC(CC)(CC)N(C)I)C3=O)c2)CC(C)C(=O)O)cs1)C(C)C. The number of hydrogen-bond donors (Lipinski definition) is 6. The van der Waals surface area contributed by atoms with Crippen LogP contribution < -0.4 is 20.5 Å². The number of unbranched alkanes of at least 4 members (excludes halogenated alkanes) is 1. The number of aromatic nitrogens is 1. The maximum atomic E-state index is 14.4. The van der Waals surface area contributed by atoms with E-state index in [0.29, 0.717) is 24.8 Å². The number of thioether (sulfide) groups is 1. The molecule has 2 aliphatic heterocycles. The molecular formula is C53H82IN8O14PS2. The quantitative estimate of drug-likeness (QED) is 0.00819. The third-order valence-electron chi connectivity index (χ3n) is 14.9. The first-order valence-electron chi connectivity index (χ1n) is 27.1. The Morgan fingerprint density at radius 2 is 1.70 bits per heavy atom. The Bertz CT molecular complexity index is 2510. The first-order valence-corrected chi connectivity index (χ1v) is 31.3. The third kappa shape index (κ3) is 19.4. The fourth-order valence-corrected chi connectivity index (χ4v) is 13.7. The van der Waals surface area contributed by atoms with Crippen LogP contribution in [0.5, 0.6) is 5.75 Å². The van der Waals surface area contributed by atoms with Crippen LogP contribution in [0.2, 0.25) is 0 Å². The number of phosphoric ester groups is 1. The number of rotatable bonds is 31. The van der Waals surface area contributed by atoms with Crippen molar-refractivity contribution in [2.45, 2.75) is 179 Å². The molecule has 6 amide bonds. The van der Waals surface area contributed by atoms with Crippen molar-refractivity contribution < 1.29 is 67.1 Å². The van der Waals surface area contributed by atoms with Crippen LogP contribution in [0.3, 0.4) is 0 Å². The number of carboxylic acid groups (broad SMARTS) is 1. The number of imide groups is 1. The zero-order valence-corrected chi connectivity index (χ0v) is 52.0. The van der Waals surface area contributed by atoms with Gasteiger partial charge in [0.15, 0.2) is 11.9 Å². The molecule has 79 heavy (non-hydrogen) atoms. The largest absolute Gasteiger partial charge is 0.524 e. The van der Waals surface area contributed by atoms with Gasteiger partial charge in [-0.1, -0.05) is 67.4 Å². The van der Waals surface area contributed by atoms with Crippen LogP contribution in [0, 0.1) is 17.8 Å². The summed E-state index contributed by atoms with van der Waals surface area (Å²) in [7, 11) is 0.379. The van der Waals surface area contributed by atoms with Gasteiger partial charge >= 0.3 is 19.8 Å². The van der Waals surface area contributed by atoms with Gasteiger partial charge in [0.05, 0.1) is 27.8 Å². The molecule has 4 rings (SSSR count). The maximum Gasteiger partial charge on any atom is 0.524 e. The van der Waals surface area contributed by atoms with E-state index in [1.807, 2.05) is 63.7 Å². The van der Waals surface area contributed by atoms with Crippen LogP contribution in [0.4, 0.5) is 5.69 Å². The van der Waals surface area contributed by atoms with Crippen LogP contribution in [-0.2, 0) is 49.3 Å². The number of aliphatic carboxylic acids is 1. The van der Waals surface area contributed by atoms with Gasteiger partial charge in [0, 0.05) is 80.1 Å². The summed E-state index contributed by atoms with van der Waals surface area (Å²) in [5, 5.41) is 19.7. The van der Waals surface area contributed by atoms with E-state index < -0.39 is 67.0 Å². The summed E-state index contributed by atoms with van der Waals surface area (Å²) in [6.07, 6.45) is 4.38. The number of piperidine rings is 1. The van der Waals surface area contributed by atoms with Gasteiger partial charge in [-0.25, -0.2) is 12.7 Å². The number of benzene rings is 1. The Morgan fingerprint density at radius 3 is 2.28 bits per heavy atom. The second-order valence-electron chi connectivity index (χ2n) is 21.1. The number of anilines is 1. The summed E-state index contributed by atoms with van der Waals surface area (Å²) in [5.41, 5.74) is 0.252. The molecule has 2 unspecified atom stereocenters. The molecule has 26 heteroatoms. The Labute approximate surface area is 486 Å². The molecule has 0 saturated carbocycles. The highest BCUT2D eigenvalue weighted by atomic mass is 127.